The molecular formula is C11H15NS. The van der Waals surface area contributed by atoms with Crippen LogP contribution in [0.4, 0.5) is 0 Å². The van der Waals surface area contributed by atoms with Crippen molar-refractivity contribution < 1.29 is 0 Å². The van der Waals surface area contributed by atoms with Crippen molar-refractivity contribution in [3.8, 4) is 0 Å². The van der Waals surface area contributed by atoms with Crippen molar-refractivity contribution in [3.05, 3.63) is 42.0 Å². The van der Waals surface area contributed by atoms with Crippen LogP contribution in [0, 0.1) is 0 Å². The number of hydrogen-bond acceptors (Lipinski definition) is 2. The van der Waals surface area contributed by atoms with E-state index < -0.39 is 0 Å². The Kier molecular flexibility index (Phi) is 3.58. The minimum absolute atomic E-state index is 0.0316. The normalized spacial score (nSPS) is 12.5. The summed E-state index contributed by atoms with van der Waals surface area (Å²) in [5.41, 5.74) is 8.05. The average Bonchev–Trinajstić information content (AvgIpc) is 2.17. The topological polar surface area (TPSA) is 26.0 Å². The average molecular weight is 193 g/mol. The smallest absolute Gasteiger partial charge is 0.0505 e. The molecule has 2 heteroatoms. The first-order valence-corrected chi connectivity index (χ1v) is 5.42. The summed E-state index contributed by atoms with van der Waals surface area (Å²) in [4.78, 5) is 1.26. The van der Waals surface area contributed by atoms with Crippen LogP contribution in [0.2, 0.25) is 0 Å². The maximum atomic E-state index is 5.92. The molecule has 0 heterocycles. The maximum Gasteiger partial charge on any atom is 0.0505 e. The summed E-state index contributed by atoms with van der Waals surface area (Å²) in [7, 11) is 0. The van der Waals surface area contributed by atoms with Crippen LogP contribution in [-0.2, 0) is 0 Å². The van der Waals surface area contributed by atoms with Gasteiger partial charge in [-0.25, -0.2) is 0 Å². The molecule has 0 aliphatic heterocycles. The summed E-state index contributed by atoms with van der Waals surface area (Å²) < 4.78 is 0. The third-order valence-electron chi connectivity index (χ3n) is 2.01. The second kappa shape index (κ2) is 4.49. The molecule has 0 spiro atoms. The van der Waals surface area contributed by atoms with Gasteiger partial charge >= 0.3 is 0 Å². The van der Waals surface area contributed by atoms with Gasteiger partial charge in [0.25, 0.3) is 0 Å². The van der Waals surface area contributed by atoms with E-state index in [4.69, 9.17) is 5.73 Å². The predicted octanol–water partition coefficient (Wildman–Crippen LogP) is 2.98. The molecule has 0 saturated carbocycles. The molecule has 0 bridgehead atoms. The first-order valence-electron chi connectivity index (χ1n) is 4.20. The molecule has 0 radical (unpaired) electrons. The summed E-state index contributed by atoms with van der Waals surface area (Å²) in [5, 5.41) is 0. The Morgan fingerprint density at radius 1 is 1.38 bits per heavy atom. The van der Waals surface area contributed by atoms with Gasteiger partial charge in [0.1, 0.15) is 0 Å². The Bertz CT molecular complexity index is 289. The van der Waals surface area contributed by atoms with Gasteiger partial charge in [-0.2, -0.15) is 0 Å². The highest BCUT2D eigenvalue weighted by atomic mass is 32.2. The molecule has 1 unspecified atom stereocenters. The van der Waals surface area contributed by atoms with E-state index in [-0.39, 0.29) is 6.04 Å². The van der Waals surface area contributed by atoms with Crippen LogP contribution in [0.3, 0.4) is 0 Å². The Hall–Kier alpha value is -0.730. The molecule has 1 aromatic rings. The highest BCUT2D eigenvalue weighted by molar-refractivity contribution is 7.98. The first kappa shape index (κ1) is 10.4. The van der Waals surface area contributed by atoms with Crippen LogP contribution in [0.15, 0.2) is 41.3 Å². The van der Waals surface area contributed by atoms with E-state index in [9.17, 15) is 0 Å². The number of hydrogen-bond donors (Lipinski definition) is 1. The van der Waals surface area contributed by atoms with Gasteiger partial charge in [-0.1, -0.05) is 24.3 Å². The second-order valence-corrected chi connectivity index (χ2v) is 3.98. The van der Waals surface area contributed by atoms with E-state index in [2.05, 4.69) is 37.1 Å². The lowest BCUT2D eigenvalue weighted by Gasteiger charge is -2.11. The van der Waals surface area contributed by atoms with Gasteiger partial charge < -0.3 is 5.73 Å². The van der Waals surface area contributed by atoms with Crippen LogP contribution in [-0.4, -0.2) is 6.26 Å². The Labute approximate surface area is 84.0 Å². The molecule has 1 rings (SSSR count). The standard InChI is InChI=1S/C11H15NS/c1-8(2)11(12)9-4-6-10(13-3)7-5-9/h4-7,11H,1,12H2,2-3H3. The van der Waals surface area contributed by atoms with Crippen molar-refractivity contribution in [2.45, 2.75) is 17.9 Å². The third-order valence-corrected chi connectivity index (χ3v) is 2.75. The molecule has 70 valence electrons. The molecule has 1 nitrogen and oxygen atoms in total. The van der Waals surface area contributed by atoms with E-state index >= 15 is 0 Å². The summed E-state index contributed by atoms with van der Waals surface area (Å²) in [5.74, 6) is 0. The summed E-state index contributed by atoms with van der Waals surface area (Å²) >= 11 is 1.73. The first-order chi connectivity index (χ1) is 6.15. The molecule has 0 saturated heterocycles. The van der Waals surface area contributed by atoms with E-state index in [0.29, 0.717) is 0 Å². The highest BCUT2D eigenvalue weighted by Gasteiger charge is 2.05. The largest absolute Gasteiger partial charge is 0.321 e. The number of rotatable bonds is 3. The monoisotopic (exact) mass is 193 g/mol. The molecular weight excluding hydrogens is 178 g/mol. The van der Waals surface area contributed by atoms with Crippen molar-refractivity contribution in [2.24, 2.45) is 5.73 Å². The molecule has 0 aliphatic rings. The molecule has 1 aromatic carbocycles. The quantitative estimate of drug-likeness (QED) is 0.590. The SMILES string of the molecule is C=C(C)C(N)c1ccc(SC)cc1. The van der Waals surface area contributed by atoms with Crippen LogP contribution >= 0.6 is 11.8 Å². The fraction of sp³-hybridized carbons (Fsp3) is 0.273. The van der Waals surface area contributed by atoms with Gasteiger partial charge in [-0.05, 0) is 30.9 Å². The van der Waals surface area contributed by atoms with Crippen molar-refractivity contribution in [1.82, 2.24) is 0 Å². The fourth-order valence-electron chi connectivity index (χ4n) is 1.10. The van der Waals surface area contributed by atoms with Gasteiger partial charge in [-0.3, -0.25) is 0 Å². The van der Waals surface area contributed by atoms with Gasteiger partial charge in [0, 0.05) is 4.90 Å². The minimum Gasteiger partial charge on any atom is -0.321 e. The molecule has 0 aliphatic carbocycles. The minimum atomic E-state index is -0.0316. The molecule has 0 amide bonds. The van der Waals surface area contributed by atoms with Crippen LogP contribution in [0.1, 0.15) is 18.5 Å². The van der Waals surface area contributed by atoms with Crippen LogP contribution in [0.25, 0.3) is 0 Å². The van der Waals surface area contributed by atoms with Gasteiger partial charge in [0.2, 0.25) is 0 Å². The van der Waals surface area contributed by atoms with Gasteiger partial charge in [0.15, 0.2) is 0 Å². The lowest BCUT2D eigenvalue weighted by Crippen LogP contribution is -2.10. The Morgan fingerprint density at radius 3 is 2.31 bits per heavy atom. The lowest BCUT2D eigenvalue weighted by molar-refractivity contribution is 0.849. The summed E-state index contributed by atoms with van der Waals surface area (Å²) in [6, 6.07) is 8.26. The zero-order valence-electron chi connectivity index (χ0n) is 8.08. The summed E-state index contributed by atoms with van der Waals surface area (Å²) in [6.45, 7) is 5.80. The number of thioether (sulfide) groups is 1. The van der Waals surface area contributed by atoms with Crippen LogP contribution < -0.4 is 5.73 Å². The Balaban J connectivity index is 2.85. The molecule has 2 N–H and O–H groups in total. The summed E-state index contributed by atoms with van der Waals surface area (Å²) in [6.07, 6.45) is 2.06. The predicted molar refractivity (Wildman–Crippen MR) is 60.0 cm³/mol. The van der Waals surface area contributed by atoms with Crippen molar-refractivity contribution in [1.29, 1.82) is 0 Å². The molecule has 0 fully saturated rings. The molecule has 1 atom stereocenters. The Morgan fingerprint density at radius 2 is 1.92 bits per heavy atom. The van der Waals surface area contributed by atoms with Gasteiger partial charge in [-0.15, -0.1) is 11.8 Å². The number of nitrogens with two attached hydrogens (primary N) is 1. The molecule has 0 aromatic heterocycles. The van der Waals surface area contributed by atoms with Crippen LogP contribution in [0.5, 0.6) is 0 Å². The zero-order valence-corrected chi connectivity index (χ0v) is 8.90. The zero-order chi connectivity index (χ0) is 9.84. The van der Waals surface area contributed by atoms with E-state index in [1.54, 1.807) is 11.8 Å². The lowest BCUT2D eigenvalue weighted by atomic mass is 10.0. The van der Waals surface area contributed by atoms with E-state index in [1.807, 2.05) is 6.92 Å². The fourth-order valence-corrected chi connectivity index (χ4v) is 1.50. The number of benzene rings is 1. The van der Waals surface area contributed by atoms with E-state index in [0.717, 1.165) is 11.1 Å². The maximum absolute atomic E-state index is 5.92. The molecule has 13 heavy (non-hydrogen) atoms. The van der Waals surface area contributed by atoms with Gasteiger partial charge in [0.05, 0.1) is 6.04 Å². The van der Waals surface area contributed by atoms with Crippen molar-refractivity contribution >= 4 is 11.8 Å². The highest BCUT2D eigenvalue weighted by Crippen LogP contribution is 2.20. The third kappa shape index (κ3) is 2.61. The van der Waals surface area contributed by atoms with Crippen molar-refractivity contribution in [3.63, 3.8) is 0 Å². The second-order valence-electron chi connectivity index (χ2n) is 3.10. The van der Waals surface area contributed by atoms with Crippen molar-refractivity contribution in [2.75, 3.05) is 6.26 Å². The van der Waals surface area contributed by atoms with E-state index in [1.165, 1.54) is 4.90 Å².